The number of nitriles is 1. The van der Waals surface area contributed by atoms with Crippen LogP contribution in [-0.4, -0.2) is 10.1 Å². The van der Waals surface area contributed by atoms with Crippen LogP contribution in [0.2, 0.25) is 0 Å². The SMILES string of the molecule is N#Cc1cc(=S)c(O)c[nH]1. The van der Waals surface area contributed by atoms with Crippen molar-refractivity contribution in [2.24, 2.45) is 0 Å². The van der Waals surface area contributed by atoms with Gasteiger partial charge in [0.25, 0.3) is 0 Å². The molecule has 0 aliphatic carbocycles. The van der Waals surface area contributed by atoms with E-state index in [2.05, 4.69) is 17.2 Å². The summed E-state index contributed by atoms with van der Waals surface area (Å²) in [5.74, 6) is -0.00556. The first-order valence-electron chi connectivity index (χ1n) is 2.56. The molecule has 3 nitrogen and oxygen atoms in total. The van der Waals surface area contributed by atoms with Gasteiger partial charge in [-0.3, -0.25) is 0 Å². The van der Waals surface area contributed by atoms with Crippen molar-refractivity contribution in [3.63, 3.8) is 0 Å². The summed E-state index contributed by atoms with van der Waals surface area (Å²) < 4.78 is 0.287. The number of pyridine rings is 1. The summed E-state index contributed by atoms with van der Waals surface area (Å²) in [5.41, 5.74) is 0.350. The minimum atomic E-state index is -0.00556. The smallest absolute Gasteiger partial charge is 0.149 e. The Morgan fingerprint density at radius 2 is 2.40 bits per heavy atom. The Kier molecular flexibility index (Phi) is 1.69. The normalized spacial score (nSPS) is 8.70. The number of aromatic nitrogens is 1. The lowest BCUT2D eigenvalue weighted by Crippen LogP contribution is -1.79. The highest BCUT2D eigenvalue weighted by Crippen LogP contribution is 2.08. The predicted molar refractivity (Wildman–Crippen MR) is 38.0 cm³/mol. The summed E-state index contributed by atoms with van der Waals surface area (Å²) in [6.45, 7) is 0. The van der Waals surface area contributed by atoms with Gasteiger partial charge in [0, 0.05) is 6.20 Å². The topological polar surface area (TPSA) is 59.8 Å². The molecule has 1 heterocycles. The lowest BCUT2D eigenvalue weighted by atomic mass is 10.4. The third kappa shape index (κ3) is 1.14. The fourth-order valence-corrected chi connectivity index (χ4v) is 0.705. The van der Waals surface area contributed by atoms with Crippen LogP contribution in [0.3, 0.4) is 0 Å². The minimum Gasteiger partial charge on any atom is -0.505 e. The zero-order valence-electron chi connectivity index (χ0n) is 4.96. The van der Waals surface area contributed by atoms with Crippen LogP contribution in [0.5, 0.6) is 5.75 Å². The summed E-state index contributed by atoms with van der Waals surface area (Å²) in [6, 6.07) is 3.27. The van der Waals surface area contributed by atoms with Crippen molar-refractivity contribution in [3.8, 4) is 11.8 Å². The molecule has 0 amide bonds. The third-order valence-corrected chi connectivity index (χ3v) is 1.34. The Labute approximate surface area is 62.6 Å². The second-order valence-electron chi connectivity index (χ2n) is 1.71. The zero-order valence-corrected chi connectivity index (χ0v) is 5.77. The van der Waals surface area contributed by atoms with Gasteiger partial charge in [0.05, 0.1) is 4.51 Å². The highest BCUT2D eigenvalue weighted by molar-refractivity contribution is 7.71. The number of rotatable bonds is 0. The molecular weight excluding hydrogens is 148 g/mol. The molecule has 0 saturated heterocycles. The molecule has 0 unspecified atom stereocenters. The highest BCUT2D eigenvalue weighted by atomic mass is 32.1. The van der Waals surface area contributed by atoms with Crippen molar-refractivity contribution in [1.29, 1.82) is 5.26 Å². The maximum atomic E-state index is 8.89. The molecule has 1 rings (SSSR count). The zero-order chi connectivity index (χ0) is 7.56. The predicted octanol–water partition coefficient (Wildman–Crippen LogP) is 1.32. The molecule has 1 aromatic rings. The van der Waals surface area contributed by atoms with E-state index in [1.54, 1.807) is 0 Å². The number of H-pyrrole nitrogens is 1. The number of nitrogens with zero attached hydrogens (tertiary/aromatic N) is 1. The van der Waals surface area contributed by atoms with Crippen LogP contribution in [0.15, 0.2) is 12.3 Å². The van der Waals surface area contributed by atoms with E-state index in [0.717, 1.165) is 0 Å². The standard InChI is InChI=1S/C6H4N2OS/c7-2-4-1-6(10)5(9)3-8-4/h1,3,9H,(H,8,10). The lowest BCUT2D eigenvalue weighted by molar-refractivity contribution is 0.470. The van der Waals surface area contributed by atoms with Crippen LogP contribution in [0.25, 0.3) is 0 Å². The Bertz CT molecular complexity index is 336. The molecule has 0 saturated carbocycles. The molecule has 0 radical (unpaired) electrons. The molecule has 0 aliphatic rings. The molecule has 0 aromatic carbocycles. The molecule has 10 heavy (non-hydrogen) atoms. The van der Waals surface area contributed by atoms with Gasteiger partial charge in [0.2, 0.25) is 0 Å². The highest BCUT2D eigenvalue weighted by Gasteiger charge is 1.92. The van der Waals surface area contributed by atoms with Crippen molar-refractivity contribution in [1.82, 2.24) is 4.98 Å². The molecule has 1 aromatic heterocycles. The van der Waals surface area contributed by atoms with Gasteiger partial charge in [-0.2, -0.15) is 5.26 Å². The van der Waals surface area contributed by atoms with Gasteiger partial charge >= 0.3 is 0 Å². The molecular formula is C6H4N2OS. The van der Waals surface area contributed by atoms with Crippen molar-refractivity contribution < 1.29 is 5.11 Å². The number of aromatic hydroxyl groups is 1. The fraction of sp³-hybridized carbons (Fsp3) is 0. The van der Waals surface area contributed by atoms with Crippen molar-refractivity contribution in [3.05, 3.63) is 22.5 Å². The van der Waals surface area contributed by atoms with E-state index in [1.165, 1.54) is 12.3 Å². The van der Waals surface area contributed by atoms with Crippen LogP contribution in [0.4, 0.5) is 0 Å². The van der Waals surface area contributed by atoms with E-state index in [9.17, 15) is 0 Å². The van der Waals surface area contributed by atoms with E-state index in [0.29, 0.717) is 5.69 Å². The van der Waals surface area contributed by atoms with E-state index in [1.807, 2.05) is 6.07 Å². The molecule has 0 aliphatic heterocycles. The fourth-order valence-electron chi connectivity index (χ4n) is 0.528. The maximum absolute atomic E-state index is 8.89. The van der Waals surface area contributed by atoms with Gasteiger partial charge in [-0.15, -0.1) is 0 Å². The van der Waals surface area contributed by atoms with Crippen LogP contribution < -0.4 is 0 Å². The van der Waals surface area contributed by atoms with Crippen LogP contribution in [0.1, 0.15) is 5.69 Å². The first-order valence-corrected chi connectivity index (χ1v) is 2.96. The van der Waals surface area contributed by atoms with E-state index >= 15 is 0 Å². The maximum Gasteiger partial charge on any atom is 0.149 e. The van der Waals surface area contributed by atoms with Gasteiger partial charge in [-0.25, -0.2) is 0 Å². The lowest BCUT2D eigenvalue weighted by Gasteiger charge is -1.90. The Morgan fingerprint density at radius 1 is 1.70 bits per heavy atom. The van der Waals surface area contributed by atoms with Gasteiger partial charge in [0.1, 0.15) is 17.5 Å². The van der Waals surface area contributed by atoms with Crippen LogP contribution in [0, 0.1) is 15.8 Å². The second kappa shape index (κ2) is 2.50. The van der Waals surface area contributed by atoms with Crippen molar-refractivity contribution in [2.45, 2.75) is 0 Å². The molecule has 2 N–H and O–H groups in total. The summed E-state index contributed by atoms with van der Waals surface area (Å²) in [4.78, 5) is 2.55. The van der Waals surface area contributed by atoms with E-state index < -0.39 is 0 Å². The Balaban J connectivity index is 3.34. The van der Waals surface area contributed by atoms with Crippen LogP contribution in [-0.2, 0) is 0 Å². The second-order valence-corrected chi connectivity index (χ2v) is 2.15. The number of hydrogen-bond acceptors (Lipinski definition) is 3. The summed E-state index contributed by atoms with van der Waals surface area (Å²) >= 11 is 4.69. The van der Waals surface area contributed by atoms with Gasteiger partial charge in [-0.05, 0) is 6.07 Å². The molecule has 0 spiro atoms. The molecule has 0 fully saturated rings. The molecule has 4 heteroatoms. The Hall–Kier alpha value is -1.34. The van der Waals surface area contributed by atoms with Gasteiger partial charge < -0.3 is 10.1 Å². The molecule has 50 valence electrons. The molecule has 0 bridgehead atoms. The van der Waals surface area contributed by atoms with E-state index in [4.69, 9.17) is 10.4 Å². The largest absolute Gasteiger partial charge is 0.505 e. The average molecular weight is 152 g/mol. The van der Waals surface area contributed by atoms with Crippen molar-refractivity contribution in [2.75, 3.05) is 0 Å². The number of hydrogen-bond donors (Lipinski definition) is 2. The van der Waals surface area contributed by atoms with Crippen LogP contribution >= 0.6 is 12.2 Å². The van der Waals surface area contributed by atoms with Gasteiger partial charge in [-0.1, -0.05) is 12.2 Å². The van der Waals surface area contributed by atoms with Crippen molar-refractivity contribution >= 4 is 12.2 Å². The quantitative estimate of drug-likeness (QED) is 0.551. The Morgan fingerprint density at radius 3 is 2.90 bits per heavy atom. The molecule has 0 atom stereocenters. The monoisotopic (exact) mass is 152 g/mol. The minimum absolute atomic E-state index is 0.00556. The number of nitrogens with one attached hydrogen (secondary N) is 1. The first kappa shape index (κ1) is 6.78. The summed E-state index contributed by atoms with van der Waals surface area (Å²) in [6.07, 6.45) is 1.29. The van der Waals surface area contributed by atoms with E-state index in [-0.39, 0.29) is 10.3 Å². The average Bonchev–Trinajstić information content (AvgIpc) is 1.95. The first-order chi connectivity index (χ1) is 4.74. The number of aromatic amines is 1. The summed E-state index contributed by atoms with van der Waals surface area (Å²) in [7, 11) is 0. The summed E-state index contributed by atoms with van der Waals surface area (Å²) in [5, 5.41) is 17.2. The van der Waals surface area contributed by atoms with Gasteiger partial charge in [0.15, 0.2) is 0 Å². The third-order valence-electron chi connectivity index (χ3n) is 1.01.